The average Bonchev–Trinajstić information content (AvgIpc) is 2.06. The normalized spacial score (nSPS) is 11.9. The van der Waals surface area contributed by atoms with Crippen molar-refractivity contribution in [1.82, 2.24) is 0 Å². The molecule has 14 heavy (non-hydrogen) atoms. The van der Waals surface area contributed by atoms with Crippen LogP contribution in [0.25, 0.3) is 6.08 Å². The summed E-state index contributed by atoms with van der Waals surface area (Å²) < 4.78 is 14.8. The first-order valence-electron chi connectivity index (χ1n) is 3.99. The standard InChI is InChI=1S/C9H11O4P/c1-2-3-8-4-6-9(7-5-8)13-14(10,11)12/h2-7H,1H3,(H2,10,11,12)/b3-2+. The fourth-order valence-electron chi connectivity index (χ4n) is 0.970. The van der Waals surface area contributed by atoms with Crippen molar-refractivity contribution < 1.29 is 18.9 Å². The molecule has 2 N–H and O–H groups in total. The molecule has 0 saturated heterocycles. The predicted molar refractivity (Wildman–Crippen MR) is 53.8 cm³/mol. The van der Waals surface area contributed by atoms with Gasteiger partial charge in [0.2, 0.25) is 0 Å². The Balaban J connectivity index is 2.79. The van der Waals surface area contributed by atoms with Gasteiger partial charge in [0.25, 0.3) is 0 Å². The van der Waals surface area contributed by atoms with Gasteiger partial charge in [-0.05, 0) is 24.6 Å². The highest BCUT2D eigenvalue weighted by Gasteiger charge is 2.14. The summed E-state index contributed by atoms with van der Waals surface area (Å²) in [7, 11) is -4.44. The molecule has 0 atom stereocenters. The van der Waals surface area contributed by atoms with Gasteiger partial charge >= 0.3 is 7.82 Å². The third kappa shape index (κ3) is 3.75. The molecule has 0 fully saturated rings. The molecule has 1 aromatic rings. The number of phosphoric ester groups is 1. The van der Waals surface area contributed by atoms with Crippen LogP contribution >= 0.6 is 7.82 Å². The van der Waals surface area contributed by atoms with E-state index in [-0.39, 0.29) is 5.75 Å². The van der Waals surface area contributed by atoms with Crippen molar-refractivity contribution in [1.29, 1.82) is 0 Å². The van der Waals surface area contributed by atoms with Gasteiger partial charge in [0.05, 0.1) is 0 Å². The molecule has 0 spiro atoms. The molecule has 5 heteroatoms. The minimum Gasteiger partial charge on any atom is -0.404 e. The Bertz CT molecular complexity index is 363. The van der Waals surface area contributed by atoms with Crippen LogP contribution in [0.2, 0.25) is 0 Å². The Morgan fingerprint density at radius 2 is 1.86 bits per heavy atom. The highest BCUT2D eigenvalue weighted by molar-refractivity contribution is 7.46. The molecule has 76 valence electrons. The quantitative estimate of drug-likeness (QED) is 0.757. The molecular weight excluding hydrogens is 203 g/mol. The summed E-state index contributed by atoms with van der Waals surface area (Å²) in [6, 6.07) is 6.44. The SMILES string of the molecule is C/C=C/c1ccc(OP(=O)(O)O)cc1. The molecule has 0 unspecified atom stereocenters. The van der Waals surface area contributed by atoms with Crippen LogP contribution in [-0.2, 0) is 4.57 Å². The first-order chi connectivity index (χ1) is 6.51. The summed E-state index contributed by atoms with van der Waals surface area (Å²) >= 11 is 0. The zero-order chi connectivity index (χ0) is 10.6. The fraction of sp³-hybridized carbons (Fsp3) is 0.111. The van der Waals surface area contributed by atoms with Crippen LogP contribution in [0.3, 0.4) is 0 Å². The second kappa shape index (κ2) is 4.42. The molecule has 0 bridgehead atoms. The lowest BCUT2D eigenvalue weighted by molar-refractivity contribution is 0.283. The van der Waals surface area contributed by atoms with E-state index in [9.17, 15) is 4.57 Å². The van der Waals surface area contributed by atoms with E-state index < -0.39 is 7.82 Å². The van der Waals surface area contributed by atoms with Crippen molar-refractivity contribution in [3.8, 4) is 5.75 Å². The molecule has 1 aromatic carbocycles. The van der Waals surface area contributed by atoms with Gasteiger partial charge in [-0.1, -0.05) is 24.3 Å². The van der Waals surface area contributed by atoms with Gasteiger partial charge in [-0.2, -0.15) is 0 Å². The Morgan fingerprint density at radius 1 is 1.29 bits per heavy atom. The maximum atomic E-state index is 10.5. The predicted octanol–water partition coefficient (Wildman–Crippen LogP) is 2.19. The highest BCUT2D eigenvalue weighted by atomic mass is 31.2. The molecule has 0 aliphatic rings. The lowest BCUT2D eigenvalue weighted by Gasteiger charge is -2.06. The lowest BCUT2D eigenvalue weighted by Crippen LogP contribution is -1.89. The van der Waals surface area contributed by atoms with E-state index >= 15 is 0 Å². The molecule has 0 radical (unpaired) electrons. The summed E-state index contributed by atoms with van der Waals surface area (Å²) in [6.45, 7) is 1.89. The summed E-state index contributed by atoms with van der Waals surface area (Å²) in [5, 5.41) is 0. The van der Waals surface area contributed by atoms with Crippen LogP contribution in [0.4, 0.5) is 0 Å². The minimum absolute atomic E-state index is 0.159. The maximum Gasteiger partial charge on any atom is 0.524 e. The zero-order valence-electron chi connectivity index (χ0n) is 7.62. The van der Waals surface area contributed by atoms with Crippen molar-refractivity contribution in [2.45, 2.75) is 6.92 Å². The van der Waals surface area contributed by atoms with Crippen LogP contribution in [0.1, 0.15) is 12.5 Å². The number of benzene rings is 1. The van der Waals surface area contributed by atoms with E-state index in [1.807, 2.05) is 19.1 Å². The Morgan fingerprint density at radius 3 is 2.29 bits per heavy atom. The zero-order valence-corrected chi connectivity index (χ0v) is 8.52. The topological polar surface area (TPSA) is 66.8 Å². The van der Waals surface area contributed by atoms with E-state index in [2.05, 4.69) is 4.52 Å². The molecule has 0 amide bonds. The Labute approximate surface area is 82.1 Å². The van der Waals surface area contributed by atoms with Crippen LogP contribution in [0, 0.1) is 0 Å². The molecule has 0 saturated carbocycles. The second-order valence-corrected chi connectivity index (χ2v) is 3.81. The van der Waals surface area contributed by atoms with Crippen LogP contribution < -0.4 is 4.52 Å². The number of hydrogen-bond acceptors (Lipinski definition) is 2. The number of allylic oxidation sites excluding steroid dienone is 1. The van der Waals surface area contributed by atoms with Gasteiger partial charge in [0.1, 0.15) is 5.75 Å². The summed E-state index contributed by atoms with van der Waals surface area (Å²) in [5.74, 6) is 0.159. The van der Waals surface area contributed by atoms with Crippen molar-refractivity contribution in [3.63, 3.8) is 0 Å². The number of rotatable bonds is 3. The van der Waals surface area contributed by atoms with E-state index in [0.29, 0.717) is 0 Å². The Hall–Kier alpha value is -1.09. The molecule has 1 rings (SSSR count). The van der Waals surface area contributed by atoms with Crippen LogP contribution in [-0.4, -0.2) is 9.79 Å². The van der Waals surface area contributed by atoms with Gasteiger partial charge < -0.3 is 4.52 Å². The molecular formula is C9H11O4P. The third-order valence-electron chi connectivity index (χ3n) is 1.46. The monoisotopic (exact) mass is 214 g/mol. The van der Waals surface area contributed by atoms with E-state index in [0.717, 1.165) is 5.56 Å². The average molecular weight is 214 g/mol. The fourth-order valence-corrected chi connectivity index (χ4v) is 1.37. The smallest absolute Gasteiger partial charge is 0.404 e. The first kappa shape index (κ1) is 11.0. The number of hydrogen-bond donors (Lipinski definition) is 2. The van der Waals surface area contributed by atoms with Gasteiger partial charge in [-0.25, -0.2) is 4.57 Å². The minimum atomic E-state index is -4.44. The van der Waals surface area contributed by atoms with Crippen molar-refractivity contribution in [2.75, 3.05) is 0 Å². The van der Waals surface area contributed by atoms with Crippen LogP contribution in [0.5, 0.6) is 5.75 Å². The lowest BCUT2D eigenvalue weighted by atomic mass is 10.2. The second-order valence-electron chi connectivity index (χ2n) is 2.65. The highest BCUT2D eigenvalue weighted by Crippen LogP contribution is 2.37. The molecule has 0 aliphatic carbocycles. The van der Waals surface area contributed by atoms with Gasteiger partial charge in [0.15, 0.2) is 0 Å². The molecule has 0 aromatic heterocycles. The number of phosphoric acid groups is 1. The van der Waals surface area contributed by atoms with E-state index in [1.54, 1.807) is 12.1 Å². The van der Waals surface area contributed by atoms with E-state index in [1.165, 1.54) is 12.1 Å². The van der Waals surface area contributed by atoms with Crippen molar-refractivity contribution in [2.24, 2.45) is 0 Å². The van der Waals surface area contributed by atoms with E-state index in [4.69, 9.17) is 9.79 Å². The molecule has 0 aliphatic heterocycles. The van der Waals surface area contributed by atoms with Crippen LogP contribution in [0.15, 0.2) is 30.3 Å². The maximum absolute atomic E-state index is 10.5. The third-order valence-corrected chi connectivity index (χ3v) is 1.91. The largest absolute Gasteiger partial charge is 0.524 e. The Kier molecular flexibility index (Phi) is 3.47. The molecule has 0 heterocycles. The summed E-state index contributed by atoms with van der Waals surface area (Å²) in [6.07, 6.45) is 3.75. The van der Waals surface area contributed by atoms with Gasteiger partial charge in [0, 0.05) is 0 Å². The summed E-state index contributed by atoms with van der Waals surface area (Å²) in [5.41, 5.74) is 0.950. The molecule has 4 nitrogen and oxygen atoms in total. The van der Waals surface area contributed by atoms with Crippen molar-refractivity contribution in [3.05, 3.63) is 35.9 Å². The van der Waals surface area contributed by atoms with Crippen molar-refractivity contribution >= 4 is 13.9 Å². The van der Waals surface area contributed by atoms with Gasteiger partial charge in [-0.15, -0.1) is 0 Å². The first-order valence-corrected chi connectivity index (χ1v) is 5.52. The summed E-state index contributed by atoms with van der Waals surface area (Å²) in [4.78, 5) is 17.0. The van der Waals surface area contributed by atoms with Gasteiger partial charge in [-0.3, -0.25) is 9.79 Å².